The number of ketones is 1. The van der Waals surface area contributed by atoms with E-state index in [9.17, 15) is 4.79 Å². The molecule has 0 aliphatic heterocycles. The van der Waals surface area contributed by atoms with Crippen LogP contribution in [0.2, 0.25) is 0 Å². The number of hydrogen-bond acceptors (Lipinski definition) is 2. The Kier molecular flexibility index (Phi) is 5.74. The second-order valence-electron chi connectivity index (χ2n) is 5.25. The normalized spacial score (nSPS) is 15.0. The Bertz CT molecular complexity index is 636. The molecule has 2 nitrogen and oxygen atoms in total. The summed E-state index contributed by atoms with van der Waals surface area (Å²) in [6.45, 7) is 2.01. The predicted molar refractivity (Wildman–Crippen MR) is 84.3 cm³/mol. The van der Waals surface area contributed by atoms with Gasteiger partial charge in [0.15, 0.2) is 5.69 Å². The van der Waals surface area contributed by atoms with Gasteiger partial charge in [0.05, 0.1) is 4.88 Å². The zero-order valence-corrected chi connectivity index (χ0v) is 15.8. The maximum Gasteiger partial charge on any atom is 0.230 e. The second kappa shape index (κ2) is 7.16. The molecule has 0 N–H and O–H groups in total. The topological polar surface area (TPSA) is 20.9 Å². The molecular formula is C16H17Br2NOS. The van der Waals surface area contributed by atoms with Crippen molar-refractivity contribution in [3.05, 3.63) is 50.4 Å². The van der Waals surface area contributed by atoms with Gasteiger partial charge in [-0.15, -0.1) is 0 Å². The van der Waals surface area contributed by atoms with E-state index in [1.165, 1.54) is 29.8 Å². The fraction of sp³-hybridized carbons (Fsp3) is 0.375. The molecule has 1 atom stereocenters. The summed E-state index contributed by atoms with van der Waals surface area (Å²) in [6, 6.07) is 7.51. The standard InChI is InChI=1S/C16H17BrNOS.BrH/c1-11(16(19)12-6-8-13(17)9-7-12)18-10-20-15-5-3-2-4-14(15)18;/h6-11H,2-5H2,1H3;1H/q+1;/p-1. The molecule has 1 aliphatic carbocycles. The smallest absolute Gasteiger partial charge is 0.230 e. The van der Waals surface area contributed by atoms with Crippen LogP contribution in [0.25, 0.3) is 0 Å². The Hall–Kier alpha value is -0.520. The lowest BCUT2D eigenvalue weighted by Crippen LogP contribution is -3.00. The minimum atomic E-state index is -0.116. The van der Waals surface area contributed by atoms with Crippen molar-refractivity contribution in [2.75, 3.05) is 0 Å². The summed E-state index contributed by atoms with van der Waals surface area (Å²) >= 11 is 5.20. The molecule has 1 heterocycles. The van der Waals surface area contributed by atoms with Gasteiger partial charge in [0.2, 0.25) is 17.3 Å². The van der Waals surface area contributed by atoms with Crippen molar-refractivity contribution in [3.63, 3.8) is 0 Å². The van der Waals surface area contributed by atoms with Crippen molar-refractivity contribution in [3.8, 4) is 0 Å². The summed E-state index contributed by atoms with van der Waals surface area (Å²) in [5.74, 6) is 0.189. The lowest BCUT2D eigenvalue weighted by atomic mass is 10.0. The third-order valence-electron chi connectivity index (χ3n) is 3.93. The number of benzene rings is 1. The fourth-order valence-electron chi connectivity index (χ4n) is 2.75. The van der Waals surface area contributed by atoms with Crippen LogP contribution in [0.15, 0.2) is 34.2 Å². The average Bonchev–Trinajstić information content (AvgIpc) is 2.90. The highest BCUT2D eigenvalue weighted by molar-refractivity contribution is 9.10. The van der Waals surface area contributed by atoms with Gasteiger partial charge in [0.25, 0.3) is 0 Å². The molecule has 1 aliphatic rings. The number of hydrogen-bond donors (Lipinski definition) is 0. The molecule has 1 aromatic heterocycles. The van der Waals surface area contributed by atoms with Crippen LogP contribution in [-0.4, -0.2) is 5.78 Å². The Labute approximate surface area is 148 Å². The zero-order valence-electron chi connectivity index (χ0n) is 11.8. The molecule has 0 spiro atoms. The highest BCUT2D eigenvalue weighted by atomic mass is 79.9. The molecule has 2 aromatic rings. The number of rotatable bonds is 3. The first-order valence-electron chi connectivity index (χ1n) is 6.97. The van der Waals surface area contributed by atoms with Gasteiger partial charge in [-0.25, -0.2) is 0 Å². The molecule has 21 heavy (non-hydrogen) atoms. The maximum atomic E-state index is 12.6. The summed E-state index contributed by atoms with van der Waals surface area (Å²) in [5.41, 5.74) is 4.28. The SMILES string of the molecule is CC(C(=O)c1ccc(Br)cc1)[n+]1csc2c1CCCC2.[Br-]. The number of aromatic nitrogens is 1. The minimum absolute atomic E-state index is 0. The van der Waals surface area contributed by atoms with Gasteiger partial charge in [-0.1, -0.05) is 39.4 Å². The average molecular weight is 431 g/mol. The maximum absolute atomic E-state index is 12.6. The van der Waals surface area contributed by atoms with Crippen molar-refractivity contribution in [2.45, 2.75) is 38.6 Å². The van der Waals surface area contributed by atoms with E-state index in [1.807, 2.05) is 31.2 Å². The Balaban J connectivity index is 0.00000161. The van der Waals surface area contributed by atoms with Gasteiger partial charge >= 0.3 is 0 Å². The molecule has 0 saturated carbocycles. The van der Waals surface area contributed by atoms with Crippen LogP contribution in [0.4, 0.5) is 0 Å². The van der Waals surface area contributed by atoms with E-state index in [1.54, 1.807) is 11.3 Å². The predicted octanol–water partition coefficient (Wildman–Crippen LogP) is 1.12. The van der Waals surface area contributed by atoms with Gasteiger partial charge in [0, 0.05) is 23.4 Å². The minimum Gasteiger partial charge on any atom is -1.00 e. The molecule has 0 fully saturated rings. The first-order chi connectivity index (χ1) is 9.66. The summed E-state index contributed by atoms with van der Waals surface area (Å²) < 4.78 is 3.19. The summed E-state index contributed by atoms with van der Waals surface area (Å²) in [4.78, 5) is 14.1. The molecule has 0 amide bonds. The zero-order chi connectivity index (χ0) is 14.1. The number of aryl methyl sites for hydroxylation is 1. The van der Waals surface area contributed by atoms with Crippen LogP contribution in [0, 0.1) is 0 Å². The molecule has 1 unspecified atom stereocenters. The largest absolute Gasteiger partial charge is 1.00 e. The van der Waals surface area contributed by atoms with Crippen LogP contribution < -0.4 is 21.5 Å². The Morgan fingerprint density at radius 3 is 2.62 bits per heavy atom. The van der Waals surface area contributed by atoms with Crippen LogP contribution in [0.1, 0.15) is 46.7 Å². The van der Waals surface area contributed by atoms with Gasteiger partial charge in [-0.2, -0.15) is 4.57 Å². The van der Waals surface area contributed by atoms with E-state index in [2.05, 4.69) is 26.0 Å². The van der Waals surface area contributed by atoms with Crippen molar-refractivity contribution in [1.82, 2.24) is 0 Å². The van der Waals surface area contributed by atoms with E-state index >= 15 is 0 Å². The third kappa shape index (κ3) is 3.46. The second-order valence-corrected chi connectivity index (χ2v) is 7.11. The lowest BCUT2D eigenvalue weighted by Gasteiger charge is -2.11. The van der Waals surface area contributed by atoms with Gasteiger partial charge in [-0.3, -0.25) is 4.79 Å². The molecule has 0 saturated heterocycles. The number of nitrogens with zero attached hydrogens (tertiary/aromatic N) is 1. The quantitative estimate of drug-likeness (QED) is 0.528. The van der Waals surface area contributed by atoms with Crippen molar-refractivity contribution >= 4 is 33.0 Å². The molecule has 0 radical (unpaired) electrons. The number of halogens is 2. The van der Waals surface area contributed by atoms with E-state index in [0.717, 1.165) is 16.5 Å². The first-order valence-corrected chi connectivity index (χ1v) is 8.64. The lowest BCUT2D eigenvalue weighted by molar-refractivity contribution is -0.707. The van der Waals surface area contributed by atoms with Gasteiger partial charge in [-0.05, 0) is 31.4 Å². The molecule has 3 rings (SSSR count). The first kappa shape index (κ1) is 16.8. The monoisotopic (exact) mass is 429 g/mol. The number of carbonyl (C=O) groups excluding carboxylic acids is 1. The van der Waals surface area contributed by atoms with E-state index < -0.39 is 0 Å². The van der Waals surface area contributed by atoms with Gasteiger partial charge in [0.1, 0.15) is 0 Å². The number of Topliss-reactive ketones (excluding diaryl/α,β-unsaturated/α-hetero) is 1. The molecule has 112 valence electrons. The van der Waals surface area contributed by atoms with Crippen LogP contribution in [0.3, 0.4) is 0 Å². The summed E-state index contributed by atoms with van der Waals surface area (Å²) in [5, 5.41) is 0. The molecule has 5 heteroatoms. The Morgan fingerprint density at radius 1 is 1.24 bits per heavy atom. The van der Waals surface area contributed by atoms with Crippen LogP contribution in [0.5, 0.6) is 0 Å². The number of carbonyl (C=O) groups is 1. The highest BCUT2D eigenvalue weighted by Crippen LogP contribution is 2.24. The van der Waals surface area contributed by atoms with Crippen molar-refractivity contribution < 1.29 is 26.3 Å². The van der Waals surface area contributed by atoms with Crippen LogP contribution in [-0.2, 0) is 12.8 Å². The molecular weight excluding hydrogens is 414 g/mol. The van der Waals surface area contributed by atoms with E-state index in [-0.39, 0.29) is 28.8 Å². The molecule has 0 bridgehead atoms. The van der Waals surface area contributed by atoms with Crippen molar-refractivity contribution in [1.29, 1.82) is 0 Å². The van der Waals surface area contributed by atoms with E-state index in [0.29, 0.717) is 0 Å². The third-order valence-corrected chi connectivity index (χ3v) is 5.52. The number of fused-ring (bicyclic) bond motifs is 1. The Morgan fingerprint density at radius 2 is 1.90 bits per heavy atom. The highest BCUT2D eigenvalue weighted by Gasteiger charge is 2.31. The summed E-state index contributed by atoms with van der Waals surface area (Å²) in [6.07, 6.45) is 4.80. The number of thiazole rings is 1. The van der Waals surface area contributed by atoms with Crippen LogP contribution >= 0.6 is 27.3 Å². The fourth-order valence-corrected chi connectivity index (χ4v) is 4.17. The van der Waals surface area contributed by atoms with Crippen molar-refractivity contribution in [2.24, 2.45) is 0 Å². The van der Waals surface area contributed by atoms with Gasteiger partial charge < -0.3 is 17.0 Å². The van der Waals surface area contributed by atoms with E-state index in [4.69, 9.17) is 0 Å². The molecule has 1 aromatic carbocycles. The summed E-state index contributed by atoms with van der Waals surface area (Å²) in [7, 11) is 0.